The highest BCUT2D eigenvalue weighted by Gasteiger charge is 2.43. The van der Waals surface area contributed by atoms with Crippen LogP contribution in [-0.4, -0.2) is 54.0 Å². The topological polar surface area (TPSA) is 104 Å². The number of benzene rings is 2. The smallest absolute Gasteiger partial charge is 0.269 e. The Morgan fingerprint density at radius 2 is 1.75 bits per heavy atom. The Bertz CT molecular complexity index is 1160. The van der Waals surface area contributed by atoms with E-state index in [1.54, 1.807) is 13.0 Å². The highest BCUT2D eigenvalue weighted by molar-refractivity contribution is 7.90. The molecule has 8 nitrogen and oxygen atoms in total. The van der Waals surface area contributed by atoms with E-state index in [2.05, 4.69) is 5.32 Å². The molecule has 1 atom stereocenters. The molecule has 1 heterocycles. The lowest BCUT2D eigenvalue weighted by Crippen LogP contribution is -2.52. The first kappa shape index (κ1) is 23.5. The minimum absolute atomic E-state index is 0.0381. The molecule has 0 spiro atoms. The number of rotatable bonds is 7. The predicted octanol–water partition coefficient (Wildman–Crippen LogP) is 2.08. The van der Waals surface area contributed by atoms with Gasteiger partial charge >= 0.3 is 0 Å². The summed E-state index contributed by atoms with van der Waals surface area (Å²) in [5.74, 6) is -1.74. The molecular formula is C23H27N3O5S. The van der Waals surface area contributed by atoms with Gasteiger partial charge in [-0.15, -0.1) is 0 Å². The minimum Gasteiger partial charge on any atom is -0.352 e. The zero-order valence-electron chi connectivity index (χ0n) is 18.5. The summed E-state index contributed by atoms with van der Waals surface area (Å²) in [5.41, 5.74) is 1.82. The molecular weight excluding hydrogens is 430 g/mol. The molecule has 1 aliphatic heterocycles. The van der Waals surface area contributed by atoms with Gasteiger partial charge in [0.05, 0.1) is 5.56 Å². The first-order chi connectivity index (χ1) is 15.0. The van der Waals surface area contributed by atoms with Crippen molar-refractivity contribution in [2.75, 3.05) is 6.54 Å². The van der Waals surface area contributed by atoms with Crippen LogP contribution in [0, 0.1) is 6.92 Å². The third-order valence-electron chi connectivity index (χ3n) is 5.22. The standard InChI is InChI=1S/C23H27N3O5S/c1-15(2)24-22(28)17(4)25(13-18-9-7-8-16(3)12-18)21(27)14-26-23(29)19-10-5-6-11-20(19)32(26,30)31/h5-12,15,17H,13-14H2,1-4H3,(H,24,28). The number of carbonyl (C=O) groups is 3. The summed E-state index contributed by atoms with van der Waals surface area (Å²) < 4.78 is 26.3. The van der Waals surface area contributed by atoms with Gasteiger partial charge in [0, 0.05) is 12.6 Å². The summed E-state index contributed by atoms with van der Waals surface area (Å²) in [7, 11) is -4.13. The first-order valence-electron chi connectivity index (χ1n) is 10.3. The highest BCUT2D eigenvalue weighted by atomic mass is 32.2. The fourth-order valence-electron chi connectivity index (χ4n) is 3.60. The molecule has 1 aliphatic rings. The van der Waals surface area contributed by atoms with Gasteiger partial charge in [-0.3, -0.25) is 14.4 Å². The summed E-state index contributed by atoms with van der Waals surface area (Å²) in [5, 5.41) is 2.78. The number of sulfonamides is 1. The molecule has 0 bridgehead atoms. The molecule has 32 heavy (non-hydrogen) atoms. The largest absolute Gasteiger partial charge is 0.352 e. The third-order valence-corrected chi connectivity index (χ3v) is 7.01. The van der Waals surface area contributed by atoms with Gasteiger partial charge in [0.2, 0.25) is 11.8 Å². The van der Waals surface area contributed by atoms with Crippen molar-refractivity contribution in [1.82, 2.24) is 14.5 Å². The monoisotopic (exact) mass is 457 g/mol. The Morgan fingerprint density at radius 1 is 1.06 bits per heavy atom. The first-order valence-corrected chi connectivity index (χ1v) is 11.8. The van der Waals surface area contributed by atoms with Gasteiger partial charge in [-0.25, -0.2) is 12.7 Å². The Labute approximate surface area is 188 Å². The van der Waals surface area contributed by atoms with Crippen LogP contribution in [0.1, 0.15) is 42.3 Å². The fraction of sp³-hybridized carbons (Fsp3) is 0.348. The van der Waals surface area contributed by atoms with E-state index in [1.807, 2.05) is 45.0 Å². The summed E-state index contributed by atoms with van der Waals surface area (Å²) in [4.78, 5) is 39.9. The molecule has 3 rings (SSSR count). The number of nitrogens with one attached hydrogen (secondary N) is 1. The molecule has 2 aromatic rings. The summed E-state index contributed by atoms with van der Waals surface area (Å²) in [6.45, 7) is 6.54. The van der Waals surface area contributed by atoms with Crippen molar-refractivity contribution >= 4 is 27.7 Å². The van der Waals surface area contributed by atoms with Crippen molar-refractivity contribution in [1.29, 1.82) is 0 Å². The van der Waals surface area contributed by atoms with Crippen LogP contribution in [0.15, 0.2) is 53.4 Å². The Morgan fingerprint density at radius 3 is 2.38 bits per heavy atom. The van der Waals surface area contributed by atoms with Crippen LogP contribution < -0.4 is 5.32 Å². The Kier molecular flexibility index (Phi) is 6.68. The maximum atomic E-state index is 13.3. The Hall–Kier alpha value is -3.20. The molecule has 3 amide bonds. The molecule has 2 aromatic carbocycles. The van der Waals surface area contributed by atoms with Gasteiger partial charge in [0.25, 0.3) is 15.9 Å². The normalized spacial score (nSPS) is 15.4. The van der Waals surface area contributed by atoms with Crippen molar-refractivity contribution in [3.8, 4) is 0 Å². The minimum atomic E-state index is -4.13. The zero-order chi connectivity index (χ0) is 23.6. The molecule has 170 valence electrons. The second-order valence-electron chi connectivity index (χ2n) is 8.16. The predicted molar refractivity (Wildman–Crippen MR) is 119 cm³/mol. The van der Waals surface area contributed by atoms with Crippen LogP contribution >= 0.6 is 0 Å². The van der Waals surface area contributed by atoms with Crippen LogP contribution in [0.3, 0.4) is 0 Å². The summed E-state index contributed by atoms with van der Waals surface area (Å²) >= 11 is 0. The zero-order valence-corrected chi connectivity index (χ0v) is 19.3. The summed E-state index contributed by atoms with van der Waals surface area (Å²) in [6.07, 6.45) is 0. The van der Waals surface area contributed by atoms with Crippen molar-refractivity contribution in [2.45, 2.75) is 51.2 Å². The van der Waals surface area contributed by atoms with Crippen LogP contribution in [0.5, 0.6) is 0 Å². The van der Waals surface area contributed by atoms with E-state index in [0.29, 0.717) is 4.31 Å². The van der Waals surface area contributed by atoms with E-state index in [4.69, 9.17) is 0 Å². The molecule has 1 unspecified atom stereocenters. The molecule has 0 radical (unpaired) electrons. The SMILES string of the molecule is Cc1cccc(CN(C(=O)CN2C(=O)c3ccccc3S2(=O)=O)C(C)C(=O)NC(C)C)c1. The molecule has 1 N–H and O–H groups in total. The fourth-order valence-corrected chi connectivity index (χ4v) is 5.11. The number of nitrogens with zero attached hydrogens (tertiary/aromatic N) is 2. The lowest BCUT2D eigenvalue weighted by molar-refractivity contribution is -0.140. The van der Waals surface area contributed by atoms with Gasteiger partial charge in [-0.2, -0.15) is 0 Å². The molecule has 0 saturated carbocycles. The Balaban J connectivity index is 1.90. The quantitative estimate of drug-likeness (QED) is 0.686. The highest BCUT2D eigenvalue weighted by Crippen LogP contribution is 2.30. The average molecular weight is 458 g/mol. The number of hydrogen-bond donors (Lipinski definition) is 1. The van der Waals surface area contributed by atoms with Crippen LogP contribution in [0.4, 0.5) is 0 Å². The number of hydrogen-bond acceptors (Lipinski definition) is 5. The average Bonchev–Trinajstić information content (AvgIpc) is 2.92. The second-order valence-corrected chi connectivity index (χ2v) is 9.99. The number of amides is 3. The van der Waals surface area contributed by atoms with E-state index < -0.39 is 34.4 Å². The van der Waals surface area contributed by atoms with Crippen LogP contribution in [0.2, 0.25) is 0 Å². The molecule has 0 fully saturated rings. The molecule has 0 aromatic heterocycles. The number of fused-ring (bicyclic) bond motifs is 1. The molecule has 0 saturated heterocycles. The maximum absolute atomic E-state index is 13.3. The van der Waals surface area contributed by atoms with E-state index in [9.17, 15) is 22.8 Å². The van der Waals surface area contributed by atoms with Gasteiger partial charge in [-0.1, -0.05) is 42.0 Å². The van der Waals surface area contributed by atoms with Crippen molar-refractivity contribution in [3.63, 3.8) is 0 Å². The molecule has 0 aliphatic carbocycles. The number of aryl methyl sites for hydroxylation is 1. The lowest BCUT2D eigenvalue weighted by atomic mass is 10.1. The van der Waals surface area contributed by atoms with E-state index in [-0.39, 0.29) is 29.0 Å². The third kappa shape index (κ3) is 4.67. The van der Waals surface area contributed by atoms with E-state index in [0.717, 1.165) is 11.1 Å². The van der Waals surface area contributed by atoms with Crippen molar-refractivity contribution in [2.24, 2.45) is 0 Å². The van der Waals surface area contributed by atoms with Gasteiger partial charge in [0.1, 0.15) is 17.5 Å². The van der Waals surface area contributed by atoms with Crippen molar-refractivity contribution in [3.05, 3.63) is 65.2 Å². The van der Waals surface area contributed by atoms with Gasteiger partial charge < -0.3 is 10.2 Å². The molecule has 9 heteroatoms. The lowest BCUT2D eigenvalue weighted by Gasteiger charge is -2.30. The van der Waals surface area contributed by atoms with Crippen LogP contribution in [-0.2, 0) is 26.2 Å². The summed E-state index contributed by atoms with van der Waals surface area (Å²) in [6, 6.07) is 12.3. The number of carbonyl (C=O) groups excluding carboxylic acids is 3. The second kappa shape index (κ2) is 9.12. The van der Waals surface area contributed by atoms with E-state index >= 15 is 0 Å². The van der Waals surface area contributed by atoms with Gasteiger partial charge in [-0.05, 0) is 45.4 Å². The maximum Gasteiger partial charge on any atom is 0.269 e. The van der Waals surface area contributed by atoms with Gasteiger partial charge in [0.15, 0.2) is 0 Å². The van der Waals surface area contributed by atoms with E-state index in [1.165, 1.54) is 23.1 Å². The van der Waals surface area contributed by atoms with Crippen molar-refractivity contribution < 1.29 is 22.8 Å². The van der Waals surface area contributed by atoms with Crippen LogP contribution in [0.25, 0.3) is 0 Å².